The molecule has 0 bridgehead atoms. The lowest BCUT2D eigenvalue weighted by atomic mass is 9.88. The highest BCUT2D eigenvalue weighted by atomic mass is 16.3. The molecule has 0 aromatic rings. The van der Waals surface area contributed by atoms with E-state index in [4.69, 9.17) is 0 Å². The van der Waals surface area contributed by atoms with E-state index >= 15 is 0 Å². The Bertz CT molecular complexity index is 684. The van der Waals surface area contributed by atoms with Crippen LogP contribution < -0.4 is 0 Å². The molecule has 0 aliphatic rings. The zero-order valence-electron chi connectivity index (χ0n) is 21.9. The zero-order valence-corrected chi connectivity index (χ0v) is 21.9. The van der Waals surface area contributed by atoms with Crippen LogP contribution in [0, 0.1) is 0 Å². The molecule has 1 N–H and O–H groups in total. The Morgan fingerprint density at radius 3 is 1.48 bits per heavy atom. The van der Waals surface area contributed by atoms with E-state index in [9.17, 15) is 5.11 Å². The van der Waals surface area contributed by atoms with E-state index in [1.807, 2.05) is 6.92 Å². The molecule has 0 amide bonds. The zero-order chi connectivity index (χ0) is 23.9. The Hall–Kier alpha value is -1.60. The van der Waals surface area contributed by atoms with Crippen LogP contribution in [0.1, 0.15) is 113 Å². The maximum absolute atomic E-state index is 10.8. The number of allylic oxidation sites excluding steroid dienone is 10. The normalized spacial score (nSPS) is 14.8. The second-order valence-corrected chi connectivity index (χ2v) is 9.95. The maximum atomic E-state index is 10.8. The minimum Gasteiger partial charge on any atom is -0.386 e. The number of rotatable bonds is 15. The van der Waals surface area contributed by atoms with Crippen molar-refractivity contribution < 1.29 is 5.11 Å². The molecule has 1 atom stereocenters. The highest BCUT2D eigenvalue weighted by Crippen LogP contribution is 2.25. The third kappa shape index (κ3) is 16.7. The van der Waals surface area contributed by atoms with Crippen LogP contribution in [-0.2, 0) is 0 Å². The van der Waals surface area contributed by atoms with E-state index in [2.05, 4.69) is 85.4 Å². The fourth-order valence-corrected chi connectivity index (χ4v) is 3.32. The van der Waals surface area contributed by atoms with Crippen molar-refractivity contribution in [1.29, 1.82) is 0 Å². The summed E-state index contributed by atoms with van der Waals surface area (Å²) in [5, 5.41) is 10.8. The Morgan fingerprint density at radius 2 is 1.03 bits per heavy atom. The van der Waals surface area contributed by atoms with Crippen molar-refractivity contribution in [3.63, 3.8) is 0 Å². The van der Waals surface area contributed by atoms with Gasteiger partial charge in [-0.15, -0.1) is 0 Å². The smallest absolute Gasteiger partial charge is 0.0832 e. The second-order valence-electron chi connectivity index (χ2n) is 9.95. The molecule has 0 aliphatic heterocycles. The molecule has 0 saturated carbocycles. The van der Waals surface area contributed by atoms with Crippen molar-refractivity contribution >= 4 is 0 Å². The van der Waals surface area contributed by atoms with E-state index < -0.39 is 5.60 Å². The molecule has 1 heteroatoms. The predicted octanol–water partition coefficient (Wildman–Crippen LogP) is 9.58. The first-order chi connectivity index (χ1) is 14.4. The summed E-state index contributed by atoms with van der Waals surface area (Å²) >= 11 is 0. The number of hydrogen-bond acceptors (Lipinski definition) is 1. The Morgan fingerprint density at radius 1 is 0.645 bits per heavy atom. The lowest BCUT2D eigenvalue weighted by Gasteiger charge is -2.25. The molecule has 0 spiro atoms. The van der Waals surface area contributed by atoms with E-state index in [1.54, 1.807) is 0 Å². The minimum absolute atomic E-state index is 0.728. The molecule has 0 heterocycles. The molecule has 0 aromatic heterocycles. The largest absolute Gasteiger partial charge is 0.386 e. The van der Waals surface area contributed by atoms with Crippen LogP contribution in [0.15, 0.2) is 70.4 Å². The van der Waals surface area contributed by atoms with Crippen molar-refractivity contribution in [3.05, 3.63) is 70.4 Å². The van der Waals surface area contributed by atoms with Gasteiger partial charge in [-0.25, -0.2) is 0 Å². The van der Waals surface area contributed by atoms with Gasteiger partial charge >= 0.3 is 0 Å². The number of aliphatic hydroxyl groups is 1. The third-order valence-corrected chi connectivity index (χ3v) is 5.80. The standard InChI is InChI=1S/C30H50O/c1-24(2)14-10-16-26(5)18-12-19-28(7)21-22-29(8)30(9,31)23-13-20-27(6)17-11-15-25(3)4/h14-15,18,20-21,31H,8,10-13,16-17,19,22-23H2,1-7,9H3. The molecule has 31 heavy (non-hydrogen) atoms. The molecule has 0 aliphatic carbocycles. The van der Waals surface area contributed by atoms with Crippen LogP contribution in [-0.4, -0.2) is 10.7 Å². The highest BCUT2D eigenvalue weighted by Gasteiger charge is 2.22. The van der Waals surface area contributed by atoms with Gasteiger partial charge in [0.2, 0.25) is 0 Å². The van der Waals surface area contributed by atoms with Gasteiger partial charge in [0.05, 0.1) is 5.60 Å². The summed E-state index contributed by atoms with van der Waals surface area (Å²) in [7, 11) is 0. The van der Waals surface area contributed by atoms with E-state index in [1.165, 1.54) is 27.9 Å². The van der Waals surface area contributed by atoms with Crippen molar-refractivity contribution in [2.75, 3.05) is 0 Å². The van der Waals surface area contributed by atoms with Crippen molar-refractivity contribution in [3.8, 4) is 0 Å². The summed E-state index contributed by atoms with van der Waals surface area (Å²) in [5.41, 5.74) is 7.13. The molecule has 1 unspecified atom stereocenters. The van der Waals surface area contributed by atoms with Crippen LogP contribution in [0.25, 0.3) is 0 Å². The van der Waals surface area contributed by atoms with Crippen molar-refractivity contribution in [1.82, 2.24) is 0 Å². The third-order valence-electron chi connectivity index (χ3n) is 5.80. The van der Waals surface area contributed by atoms with Crippen LogP contribution in [0.3, 0.4) is 0 Å². The molecule has 0 saturated heterocycles. The van der Waals surface area contributed by atoms with Gasteiger partial charge in [0.1, 0.15) is 0 Å². The first kappa shape index (κ1) is 29.4. The molecule has 1 nitrogen and oxygen atoms in total. The van der Waals surface area contributed by atoms with E-state index in [0.29, 0.717) is 0 Å². The summed E-state index contributed by atoms with van der Waals surface area (Å²) in [5.74, 6) is 0. The summed E-state index contributed by atoms with van der Waals surface area (Å²) < 4.78 is 0. The van der Waals surface area contributed by atoms with Crippen molar-refractivity contribution in [2.24, 2.45) is 0 Å². The van der Waals surface area contributed by atoms with Gasteiger partial charge in [0, 0.05) is 0 Å². The van der Waals surface area contributed by atoms with Gasteiger partial charge in [0.25, 0.3) is 0 Å². The monoisotopic (exact) mass is 426 g/mol. The van der Waals surface area contributed by atoms with Gasteiger partial charge in [-0.2, -0.15) is 0 Å². The summed E-state index contributed by atoms with van der Waals surface area (Å²) in [6.45, 7) is 21.3. The quantitative estimate of drug-likeness (QED) is 0.258. The Labute approximate surface area is 194 Å². The fraction of sp³-hybridized carbons (Fsp3) is 0.600. The first-order valence-corrected chi connectivity index (χ1v) is 12.1. The van der Waals surface area contributed by atoms with E-state index in [0.717, 1.165) is 63.4 Å². The maximum Gasteiger partial charge on any atom is 0.0832 e. The van der Waals surface area contributed by atoms with E-state index in [-0.39, 0.29) is 0 Å². The molecule has 0 fully saturated rings. The van der Waals surface area contributed by atoms with Gasteiger partial charge in [-0.05, 0) is 119 Å². The van der Waals surface area contributed by atoms with Crippen LogP contribution in [0.4, 0.5) is 0 Å². The molecular formula is C30H50O. The van der Waals surface area contributed by atoms with Crippen LogP contribution >= 0.6 is 0 Å². The molecular weight excluding hydrogens is 376 g/mol. The molecule has 0 radical (unpaired) electrons. The average Bonchev–Trinajstić information content (AvgIpc) is 2.65. The Kier molecular flexibility index (Phi) is 15.3. The fourth-order valence-electron chi connectivity index (χ4n) is 3.32. The average molecular weight is 427 g/mol. The molecule has 0 aromatic carbocycles. The van der Waals surface area contributed by atoms with Crippen LogP contribution in [0.5, 0.6) is 0 Å². The second kappa shape index (κ2) is 16.1. The first-order valence-electron chi connectivity index (χ1n) is 12.1. The lowest BCUT2D eigenvalue weighted by Crippen LogP contribution is -2.26. The summed E-state index contributed by atoms with van der Waals surface area (Å²) in [6.07, 6.45) is 20.5. The Balaban J connectivity index is 4.39. The topological polar surface area (TPSA) is 20.2 Å². The summed E-state index contributed by atoms with van der Waals surface area (Å²) in [4.78, 5) is 0. The van der Waals surface area contributed by atoms with Gasteiger partial charge < -0.3 is 5.11 Å². The highest BCUT2D eigenvalue weighted by molar-refractivity contribution is 5.17. The van der Waals surface area contributed by atoms with Gasteiger partial charge in [0.15, 0.2) is 0 Å². The SMILES string of the molecule is C=C(CC=C(C)CCC=C(C)CCC=C(C)C)C(C)(O)CCC=C(C)CCC=C(C)C. The summed E-state index contributed by atoms with van der Waals surface area (Å²) in [6, 6.07) is 0. The lowest BCUT2D eigenvalue weighted by molar-refractivity contribution is 0.0885. The predicted molar refractivity (Wildman–Crippen MR) is 141 cm³/mol. The minimum atomic E-state index is -0.811. The molecule has 0 rings (SSSR count). The van der Waals surface area contributed by atoms with Crippen LogP contribution in [0.2, 0.25) is 0 Å². The van der Waals surface area contributed by atoms with Crippen molar-refractivity contribution in [2.45, 2.75) is 119 Å². The number of hydrogen-bond donors (Lipinski definition) is 1. The van der Waals surface area contributed by atoms with Gasteiger partial charge in [-0.3, -0.25) is 0 Å². The van der Waals surface area contributed by atoms with Gasteiger partial charge in [-0.1, -0.05) is 64.8 Å². The molecule has 176 valence electrons.